The summed E-state index contributed by atoms with van der Waals surface area (Å²) in [7, 11) is 3.27. The highest BCUT2D eigenvalue weighted by atomic mass is 16.5. The highest BCUT2D eigenvalue weighted by Gasteiger charge is 2.15. The number of likely N-dealkylation sites (N-methyl/N-ethyl adjacent to an activating group) is 1. The van der Waals surface area contributed by atoms with Crippen LogP contribution in [-0.2, 0) is 14.3 Å². The van der Waals surface area contributed by atoms with Gasteiger partial charge in [0.15, 0.2) is 0 Å². The maximum absolute atomic E-state index is 10.2. The third kappa shape index (κ3) is 13.1. The Labute approximate surface area is 105 Å². The summed E-state index contributed by atoms with van der Waals surface area (Å²) in [6, 6.07) is 0. The lowest BCUT2D eigenvalue weighted by Crippen LogP contribution is -2.36. The van der Waals surface area contributed by atoms with Crippen LogP contribution in [0.5, 0.6) is 0 Å². The van der Waals surface area contributed by atoms with Crippen LogP contribution in [-0.4, -0.2) is 38.9 Å². The van der Waals surface area contributed by atoms with E-state index in [1.54, 1.807) is 6.92 Å². The Kier molecular flexibility index (Phi) is 11.2. The van der Waals surface area contributed by atoms with Crippen LogP contribution in [0.15, 0.2) is 12.2 Å². The monoisotopic (exact) mass is 245 g/mol. The molecule has 1 N–H and O–H groups in total. The van der Waals surface area contributed by atoms with Crippen LogP contribution in [0.2, 0.25) is 0 Å². The molecule has 0 saturated heterocycles. The first-order chi connectivity index (χ1) is 7.80. The van der Waals surface area contributed by atoms with Crippen LogP contribution in [0, 0.1) is 0 Å². The van der Waals surface area contributed by atoms with Gasteiger partial charge in [0.2, 0.25) is 0 Å². The van der Waals surface area contributed by atoms with Crippen LogP contribution < -0.4 is 5.32 Å². The van der Waals surface area contributed by atoms with Crippen molar-refractivity contribution in [2.24, 2.45) is 0 Å². The fourth-order valence-electron chi connectivity index (χ4n) is 1.03. The summed E-state index contributed by atoms with van der Waals surface area (Å²) in [6.45, 7) is 13.0. The van der Waals surface area contributed by atoms with Crippen LogP contribution in [0.1, 0.15) is 34.1 Å². The molecule has 0 aliphatic heterocycles. The second-order valence-electron chi connectivity index (χ2n) is 4.41. The van der Waals surface area contributed by atoms with E-state index >= 15 is 0 Å². The van der Waals surface area contributed by atoms with Crippen molar-refractivity contribution < 1.29 is 14.3 Å². The van der Waals surface area contributed by atoms with Crippen LogP contribution in [0.4, 0.5) is 0 Å². The standard InChI is InChI=1S/C8H19NO.C5H8O2/c1-5-6-10-8(2,3)7-9-4;1-4(2)5(6)7-3/h9H,5-7H2,1-4H3;1H2,2-3H3. The molecule has 0 saturated carbocycles. The average molecular weight is 245 g/mol. The SMILES string of the molecule is C=C(C)C(=O)OC.CCCOC(C)(C)CNC. The lowest BCUT2D eigenvalue weighted by atomic mass is 10.1. The van der Waals surface area contributed by atoms with Crippen molar-refractivity contribution in [2.45, 2.75) is 39.7 Å². The molecule has 0 radical (unpaired) electrons. The molecule has 0 aromatic rings. The minimum atomic E-state index is -0.347. The molecule has 17 heavy (non-hydrogen) atoms. The van der Waals surface area contributed by atoms with Gasteiger partial charge in [-0.15, -0.1) is 0 Å². The molecule has 4 heteroatoms. The van der Waals surface area contributed by atoms with Gasteiger partial charge in [-0.25, -0.2) is 4.79 Å². The number of nitrogens with one attached hydrogen (secondary N) is 1. The molecule has 0 rings (SSSR count). The maximum atomic E-state index is 10.2. The topological polar surface area (TPSA) is 47.6 Å². The number of hydrogen-bond donors (Lipinski definition) is 1. The molecule has 102 valence electrons. The van der Waals surface area contributed by atoms with E-state index in [2.05, 4.69) is 37.4 Å². The number of methoxy groups -OCH3 is 1. The Morgan fingerprint density at radius 1 is 1.41 bits per heavy atom. The highest BCUT2D eigenvalue weighted by molar-refractivity contribution is 5.86. The zero-order valence-electron chi connectivity index (χ0n) is 12.1. The van der Waals surface area contributed by atoms with Gasteiger partial charge in [-0.1, -0.05) is 13.5 Å². The van der Waals surface area contributed by atoms with Crippen molar-refractivity contribution in [2.75, 3.05) is 27.3 Å². The summed E-state index contributed by atoms with van der Waals surface area (Å²) in [5.41, 5.74) is 0.424. The van der Waals surface area contributed by atoms with Crippen molar-refractivity contribution >= 4 is 5.97 Å². The summed E-state index contributed by atoms with van der Waals surface area (Å²) in [5.74, 6) is -0.347. The van der Waals surface area contributed by atoms with Crippen LogP contribution >= 0.6 is 0 Å². The van der Waals surface area contributed by atoms with Crippen molar-refractivity contribution in [3.8, 4) is 0 Å². The van der Waals surface area contributed by atoms with Crippen LogP contribution in [0.25, 0.3) is 0 Å². The fourth-order valence-corrected chi connectivity index (χ4v) is 1.03. The molecule has 0 aromatic carbocycles. The molecule has 0 atom stereocenters. The number of carbonyl (C=O) groups is 1. The van der Waals surface area contributed by atoms with E-state index < -0.39 is 0 Å². The highest BCUT2D eigenvalue weighted by Crippen LogP contribution is 2.06. The first-order valence-electron chi connectivity index (χ1n) is 5.83. The Morgan fingerprint density at radius 3 is 2.18 bits per heavy atom. The number of rotatable bonds is 6. The Bertz CT molecular complexity index is 225. The van der Waals surface area contributed by atoms with E-state index in [1.807, 2.05) is 7.05 Å². The molecule has 0 unspecified atom stereocenters. The van der Waals surface area contributed by atoms with Gasteiger partial charge in [0.25, 0.3) is 0 Å². The molecule has 0 amide bonds. The zero-order valence-corrected chi connectivity index (χ0v) is 12.1. The molecule has 0 bridgehead atoms. The van der Waals surface area contributed by atoms with Gasteiger partial charge in [-0.2, -0.15) is 0 Å². The Hall–Kier alpha value is -0.870. The summed E-state index contributed by atoms with van der Waals surface area (Å²) in [5, 5.41) is 3.09. The maximum Gasteiger partial charge on any atom is 0.332 e. The molecule has 0 aliphatic carbocycles. The predicted octanol–water partition coefficient (Wildman–Crippen LogP) is 2.15. The van der Waals surface area contributed by atoms with Gasteiger partial charge >= 0.3 is 5.97 Å². The van der Waals surface area contributed by atoms with Crippen molar-refractivity contribution in [3.63, 3.8) is 0 Å². The van der Waals surface area contributed by atoms with Gasteiger partial charge in [0.1, 0.15) is 0 Å². The number of ether oxygens (including phenoxy) is 2. The van der Waals surface area contributed by atoms with E-state index in [0.29, 0.717) is 5.57 Å². The van der Waals surface area contributed by atoms with Crippen molar-refractivity contribution in [1.82, 2.24) is 5.32 Å². The zero-order chi connectivity index (χ0) is 13.9. The van der Waals surface area contributed by atoms with E-state index in [1.165, 1.54) is 7.11 Å². The molecular weight excluding hydrogens is 218 g/mol. The second kappa shape index (κ2) is 10.3. The smallest absolute Gasteiger partial charge is 0.332 e. The first-order valence-corrected chi connectivity index (χ1v) is 5.83. The Balaban J connectivity index is 0. The molecule has 0 aliphatic rings. The average Bonchev–Trinajstić information content (AvgIpc) is 2.26. The summed E-state index contributed by atoms with van der Waals surface area (Å²) in [6.07, 6.45) is 1.09. The molecular formula is C13H27NO3. The van der Waals surface area contributed by atoms with Gasteiger partial charge in [-0.05, 0) is 34.2 Å². The number of hydrogen-bond acceptors (Lipinski definition) is 4. The van der Waals surface area contributed by atoms with Gasteiger partial charge in [0, 0.05) is 18.7 Å². The lowest BCUT2D eigenvalue weighted by Gasteiger charge is -2.24. The molecule has 4 nitrogen and oxygen atoms in total. The third-order valence-corrected chi connectivity index (χ3v) is 1.83. The number of esters is 1. The van der Waals surface area contributed by atoms with E-state index in [9.17, 15) is 4.79 Å². The van der Waals surface area contributed by atoms with Crippen LogP contribution in [0.3, 0.4) is 0 Å². The van der Waals surface area contributed by atoms with E-state index in [4.69, 9.17) is 4.74 Å². The van der Waals surface area contributed by atoms with E-state index in [-0.39, 0.29) is 11.6 Å². The van der Waals surface area contributed by atoms with Gasteiger partial charge in [0.05, 0.1) is 12.7 Å². The largest absolute Gasteiger partial charge is 0.466 e. The molecule has 0 fully saturated rings. The minimum Gasteiger partial charge on any atom is -0.466 e. The molecule has 0 aromatic heterocycles. The lowest BCUT2D eigenvalue weighted by molar-refractivity contribution is -0.136. The quantitative estimate of drug-likeness (QED) is 0.575. The fraction of sp³-hybridized carbons (Fsp3) is 0.769. The molecule has 0 heterocycles. The number of carbonyl (C=O) groups excluding carboxylic acids is 1. The third-order valence-electron chi connectivity index (χ3n) is 1.83. The van der Waals surface area contributed by atoms with E-state index in [0.717, 1.165) is 19.6 Å². The summed E-state index contributed by atoms with van der Waals surface area (Å²) in [4.78, 5) is 10.2. The minimum absolute atomic E-state index is 0.00917. The van der Waals surface area contributed by atoms with Gasteiger partial charge in [-0.3, -0.25) is 0 Å². The van der Waals surface area contributed by atoms with Gasteiger partial charge < -0.3 is 14.8 Å². The second-order valence-corrected chi connectivity index (χ2v) is 4.41. The Morgan fingerprint density at radius 2 is 1.94 bits per heavy atom. The summed E-state index contributed by atoms with van der Waals surface area (Å²) >= 11 is 0. The predicted molar refractivity (Wildman–Crippen MR) is 71.1 cm³/mol. The van der Waals surface area contributed by atoms with Crippen molar-refractivity contribution in [3.05, 3.63) is 12.2 Å². The summed E-state index contributed by atoms with van der Waals surface area (Å²) < 4.78 is 9.83. The first kappa shape index (κ1) is 18.5. The van der Waals surface area contributed by atoms with Crippen molar-refractivity contribution in [1.29, 1.82) is 0 Å². The molecule has 0 spiro atoms. The normalized spacial score (nSPS) is 10.2.